The number of hydrogen-bond acceptors (Lipinski definition) is 3. The normalized spacial score (nSPS) is 11.4. The molecule has 1 rings (SSSR count). The Morgan fingerprint density at radius 2 is 1.79 bits per heavy atom. The van der Waals surface area contributed by atoms with Gasteiger partial charge in [-0.1, -0.05) is 26.0 Å². The highest BCUT2D eigenvalue weighted by molar-refractivity contribution is 7.89. The number of anilines is 1. The predicted molar refractivity (Wildman–Crippen MR) is 76.8 cm³/mol. The summed E-state index contributed by atoms with van der Waals surface area (Å²) in [6.45, 7) is 4.64. The highest BCUT2D eigenvalue weighted by Gasteiger charge is 2.05. The van der Waals surface area contributed by atoms with Gasteiger partial charge in [0.25, 0.3) is 0 Å². The van der Waals surface area contributed by atoms with Crippen molar-refractivity contribution >= 4 is 21.6 Å². The van der Waals surface area contributed by atoms with E-state index in [2.05, 4.69) is 10.6 Å². The molecule has 0 radical (unpaired) electrons. The van der Waals surface area contributed by atoms with Gasteiger partial charge in [-0.05, 0) is 23.6 Å². The minimum absolute atomic E-state index is 0.00677. The second-order valence-corrected chi connectivity index (χ2v) is 7.14. The zero-order valence-corrected chi connectivity index (χ0v) is 12.3. The van der Waals surface area contributed by atoms with Crippen LogP contribution in [-0.2, 0) is 15.6 Å². The van der Waals surface area contributed by atoms with E-state index < -0.39 is 9.84 Å². The van der Waals surface area contributed by atoms with Crippen LogP contribution in [0.1, 0.15) is 19.4 Å². The maximum absolute atomic E-state index is 11.5. The van der Waals surface area contributed by atoms with Crippen LogP contribution in [0.5, 0.6) is 0 Å². The number of hydrogen-bond donors (Lipinski definition) is 2. The summed E-state index contributed by atoms with van der Waals surface area (Å²) >= 11 is 0. The van der Waals surface area contributed by atoms with Gasteiger partial charge in [-0.15, -0.1) is 0 Å². The van der Waals surface area contributed by atoms with E-state index in [0.717, 1.165) is 0 Å². The van der Waals surface area contributed by atoms with Crippen molar-refractivity contribution in [3.05, 3.63) is 29.8 Å². The van der Waals surface area contributed by atoms with E-state index in [1.54, 1.807) is 24.3 Å². The second kappa shape index (κ2) is 6.56. The Morgan fingerprint density at radius 3 is 2.26 bits per heavy atom. The summed E-state index contributed by atoms with van der Waals surface area (Å²) in [5, 5.41) is 5.43. The summed E-state index contributed by atoms with van der Waals surface area (Å²) in [5.74, 6) is 0.398. The van der Waals surface area contributed by atoms with E-state index >= 15 is 0 Å². The van der Waals surface area contributed by atoms with Gasteiger partial charge in [0, 0.05) is 18.5 Å². The van der Waals surface area contributed by atoms with Crippen molar-refractivity contribution < 1.29 is 13.2 Å². The molecule has 0 saturated carbocycles. The predicted octanol–water partition coefficient (Wildman–Crippen LogP) is 2.01. The fourth-order valence-corrected chi connectivity index (χ4v) is 2.26. The lowest BCUT2D eigenvalue weighted by Gasteiger charge is -2.09. The van der Waals surface area contributed by atoms with Crippen LogP contribution in [0.15, 0.2) is 24.3 Å². The van der Waals surface area contributed by atoms with Crippen LogP contribution >= 0.6 is 0 Å². The van der Waals surface area contributed by atoms with Gasteiger partial charge in [-0.2, -0.15) is 0 Å². The summed E-state index contributed by atoms with van der Waals surface area (Å²) in [7, 11) is -3.03. The molecule has 0 aromatic heterocycles. The van der Waals surface area contributed by atoms with Crippen molar-refractivity contribution in [2.24, 2.45) is 5.92 Å². The molecule has 0 atom stereocenters. The Labute approximate surface area is 114 Å². The van der Waals surface area contributed by atoms with E-state index in [9.17, 15) is 13.2 Å². The molecule has 0 bridgehead atoms. The van der Waals surface area contributed by atoms with Gasteiger partial charge in [-0.3, -0.25) is 0 Å². The highest BCUT2D eigenvalue weighted by atomic mass is 32.2. The minimum atomic E-state index is -3.03. The van der Waals surface area contributed by atoms with E-state index in [-0.39, 0.29) is 11.8 Å². The van der Waals surface area contributed by atoms with Crippen molar-refractivity contribution in [1.82, 2.24) is 5.32 Å². The topological polar surface area (TPSA) is 75.3 Å². The molecule has 0 heterocycles. The number of urea groups is 1. The van der Waals surface area contributed by atoms with Gasteiger partial charge < -0.3 is 10.6 Å². The van der Waals surface area contributed by atoms with Gasteiger partial charge in [0.1, 0.15) is 0 Å². The van der Waals surface area contributed by atoms with Gasteiger partial charge in [-0.25, -0.2) is 13.2 Å². The third-order valence-electron chi connectivity index (χ3n) is 2.31. The average molecular weight is 284 g/mol. The Bertz CT molecular complexity index is 521. The third-order valence-corrected chi connectivity index (χ3v) is 3.17. The molecule has 0 unspecified atom stereocenters. The first-order valence-corrected chi connectivity index (χ1v) is 8.14. The van der Waals surface area contributed by atoms with Crippen molar-refractivity contribution in [2.45, 2.75) is 19.6 Å². The van der Waals surface area contributed by atoms with Crippen molar-refractivity contribution in [3.8, 4) is 0 Å². The first-order valence-electron chi connectivity index (χ1n) is 6.08. The smallest absolute Gasteiger partial charge is 0.319 e. The summed E-state index contributed by atoms with van der Waals surface area (Å²) in [6.07, 6.45) is 1.19. The van der Waals surface area contributed by atoms with E-state index in [1.807, 2.05) is 13.8 Å². The van der Waals surface area contributed by atoms with Crippen LogP contribution < -0.4 is 10.6 Å². The molecule has 0 aliphatic heterocycles. The van der Waals surface area contributed by atoms with E-state index in [0.29, 0.717) is 23.7 Å². The first kappa shape index (κ1) is 15.5. The number of amides is 2. The van der Waals surface area contributed by atoms with Crippen LogP contribution in [0.4, 0.5) is 10.5 Å². The summed E-state index contributed by atoms with van der Waals surface area (Å²) < 4.78 is 22.3. The molecular weight excluding hydrogens is 264 g/mol. The lowest BCUT2D eigenvalue weighted by Crippen LogP contribution is -2.31. The quantitative estimate of drug-likeness (QED) is 0.868. The molecule has 6 heteroatoms. The molecule has 0 aliphatic rings. The summed E-state index contributed by atoms with van der Waals surface area (Å²) in [6, 6.07) is 6.51. The molecular formula is C13H20N2O3S. The molecule has 1 aromatic carbocycles. The lowest BCUT2D eigenvalue weighted by molar-refractivity contribution is 0.251. The maximum atomic E-state index is 11.5. The van der Waals surface area contributed by atoms with Gasteiger partial charge in [0.15, 0.2) is 9.84 Å². The second-order valence-electron chi connectivity index (χ2n) is 5.00. The Morgan fingerprint density at radius 1 is 1.21 bits per heavy atom. The SMILES string of the molecule is CC(C)CNC(=O)Nc1ccc(CS(C)(=O)=O)cc1. The van der Waals surface area contributed by atoms with Crippen molar-refractivity contribution in [2.75, 3.05) is 18.1 Å². The molecule has 106 valence electrons. The molecule has 19 heavy (non-hydrogen) atoms. The number of carbonyl (C=O) groups excluding carboxylic acids is 1. The molecule has 0 fully saturated rings. The number of nitrogens with one attached hydrogen (secondary N) is 2. The Balaban J connectivity index is 2.55. The van der Waals surface area contributed by atoms with Gasteiger partial charge >= 0.3 is 6.03 Å². The number of carbonyl (C=O) groups is 1. The Hall–Kier alpha value is -1.56. The summed E-state index contributed by atoms with van der Waals surface area (Å²) in [5.41, 5.74) is 1.34. The minimum Gasteiger partial charge on any atom is -0.338 e. The standard InChI is InChI=1S/C13H20N2O3S/c1-10(2)8-14-13(16)15-12-6-4-11(5-7-12)9-19(3,17)18/h4-7,10H,8-9H2,1-3H3,(H2,14,15,16). The van der Waals surface area contributed by atoms with Gasteiger partial charge in [0.2, 0.25) is 0 Å². The van der Waals surface area contributed by atoms with E-state index in [4.69, 9.17) is 0 Å². The molecule has 0 saturated heterocycles. The zero-order valence-electron chi connectivity index (χ0n) is 11.4. The number of benzene rings is 1. The molecule has 2 N–H and O–H groups in total. The molecule has 2 amide bonds. The van der Waals surface area contributed by atoms with Crippen LogP contribution in [-0.4, -0.2) is 27.2 Å². The van der Waals surface area contributed by atoms with Crippen molar-refractivity contribution in [1.29, 1.82) is 0 Å². The first-order chi connectivity index (χ1) is 8.76. The third kappa shape index (κ3) is 6.81. The average Bonchev–Trinajstić information content (AvgIpc) is 2.27. The lowest BCUT2D eigenvalue weighted by atomic mass is 10.2. The molecule has 1 aromatic rings. The van der Waals surface area contributed by atoms with Crippen LogP contribution in [0.25, 0.3) is 0 Å². The number of rotatable bonds is 5. The van der Waals surface area contributed by atoms with Crippen LogP contribution in [0.2, 0.25) is 0 Å². The number of sulfone groups is 1. The van der Waals surface area contributed by atoms with E-state index in [1.165, 1.54) is 6.26 Å². The van der Waals surface area contributed by atoms with Crippen LogP contribution in [0, 0.1) is 5.92 Å². The highest BCUT2D eigenvalue weighted by Crippen LogP contribution is 2.11. The molecule has 5 nitrogen and oxygen atoms in total. The molecule has 0 spiro atoms. The fraction of sp³-hybridized carbons (Fsp3) is 0.462. The van der Waals surface area contributed by atoms with Gasteiger partial charge in [0.05, 0.1) is 5.75 Å². The summed E-state index contributed by atoms with van der Waals surface area (Å²) in [4.78, 5) is 11.5. The fourth-order valence-electron chi connectivity index (χ4n) is 1.46. The maximum Gasteiger partial charge on any atom is 0.319 e. The molecule has 0 aliphatic carbocycles. The largest absolute Gasteiger partial charge is 0.338 e. The zero-order chi connectivity index (χ0) is 14.5. The van der Waals surface area contributed by atoms with Crippen LogP contribution in [0.3, 0.4) is 0 Å². The Kier molecular flexibility index (Phi) is 5.35. The monoisotopic (exact) mass is 284 g/mol. The van der Waals surface area contributed by atoms with Crippen molar-refractivity contribution in [3.63, 3.8) is 0 Å².